The molecule has 1 aromatic carbocycles. The molecule has 1 rings (SSSR count). The topological polar surface area (TPSA) is 21.3 Å². The zero-order valence-electron chi connectivity index (χ0n) is 10.9. The van der Waals surface area contributed by atoms with Crippen LogP contribution in [0, 0.1) is 3.57 Å². The van der Waals surface area contributed by atoms with Crippen molar-refractivity contribution in [1.29, 1.82) is 0 Å². The van der Waals surface area contributed by atoms with E-state index in [9.17, 15) is 0 Å². The predicted molar refractivity (Wildman–Crippen MR) is 81.4 cm³/mol. The second-order valence-corrected chi connectivity index (χ2v) is 5.61. The molecule has 0 aliphatic carbocycles. The molecular weight excluding hydrogens is 325 g/mol. The van der Waals surface area contributed by atoms with Crippen LogP contribution in [0.1, 0.15) is 25.8 Å². The standard InChI is InChI=1S/C14H22INO/c1-4-16-14(9-11(2)17-3)10-12-5-7-13(15)8-6-12/h5-8,11,14,16H,4,9-10H2,1-3H3. The molecule has 2 nitrogen and oxygen atoms in total. The van der Waals surface area contributed by atoms with E-state index in [2.05, 4.69) is 66.0 Å². The summed E-state index contributed by atoms with van der Waals surface area (Å²) in [4.78, 5) is 0. The zero-order chi connectivity index (χ0) is 12.7. The van der Waals surface area contributed by atoms with Crippen LogP contribution >= 0.6 is 22.6 Å². The van der Waals surface area contributed by atoms with E-state index in [1.54, 1.807) is 7.11 Å². The van der Waals surface area contributed by atoms with Crippen molar-refractivity contribution in [2.75, 3.05) is 13.7 Å². The minimum absolute atomic E-state index is 0.308. The molecule has 0 radical (unpaired) electrons. The summed E-state index contributed by atoms with van der Waals surface area (Å²) in [5.74, 6) is 0. The Morgan fingerprint density at radius 3 is 2.47 bits per heavy atom. The van der Waals surface area contributed by atoms with Crippen molar-refractivity contribution in [1.82, 2.24) is 5.32 Å². The lowest BCUT2D eigenvalue weighted by Gasteiger charge is -2.21. The molecule has 0 fully saturated rings. The number of hydrogen-bond donors (Lipinski definition) is 1. The second-order valence-electron chi connectivity index (χ2n) is 4.37. The van der Waals surface area contributed by atoms with Gasteiger partial charge in [-0.25, -0.2) is 0 Å². The summed E-state index contributed by atoms with van der Waals surface area (Å²) in [6.45, 7) is 5.28. The quantitative estimate of drug-likeness (QED) is 0.765. The van der Waals surface area contributed by atoms with Gasteiger partial charge in [0.15, 0.2) is 0 Å². The number of hydrogen-bond acceptors (Lipinski definition) is 2. The maximum Gasteiger partial charge on any atom is 0.0558 e. The van der Waals surface area contributed by atoms with Crippen LogP contribution in [0.2, 0.25) is 0 Å². The predicted octanol–water partition coefficient (Wildman–Crippen LogP) is 3.24. The number of methoxy groups -OCH3 is 1. The summed E-state index contributed by atoms with van der Waals surface area (Å²) in [6, 6.07) is 9.25. The Kier molecular flexibility index (Phi) is 7.08. The lowest BCUT2D eigenvalue weighted by atomic mass is 10.0. The molecule has 0 heterocycles. The monoisotopic (exact) mass is 347 g/mol. The average molecular weight is 347 g/mol. The van der Waals surface area contributed by atoms with Gasteiger partial charge in [0.05, 0.1) is 6.10 Å². The Morgan fingerprint density at radius 2 is 1.94 bits per heavy atom. The van der Waals surface area contributed by atoms with Crippen molar-refractivity contribution in [2.45, 2.75) is 38.8 Å². The summed E-state index contributed by atoms with van der Waals surface area (Å²) >= 11 is 2.34. The first-order valence-corrected chi connectivity index (χ1v) is 7.24. The van der Waals surface area contributed by atoms with E-state index in [4.69, 9.17) is 4.74 Å². The maximum absolute atomic E-state index is 5.34. The van der Waals surface area contributed by atoms with Gasteiger partial charge in [-0.3, -0.25) is 0 Å². The smallest absolute Gasteiger partial charge is 0.0558 e. The number of halogens is 1. The molecule has 0 saturated carbocycles. The van der Waals surface area contributed by atoms with Gasteiger partial charge >= 0.3 is 0 Å². The molecule has 0 saturated heterocycles. The first kappa shape index (κ1) is 14.9. The van der Waals surface area contributed by atoms with Crippen molar-refractivity contribution < 1.29 is 4.74 Å². The number of benzene rings is 1. The lowest BCUT2D eigenvalue weighted by molar-refractivity contribution is 0.101. The normalized spacial score (nSPS) is 14.6. The highest BCUT2D eigenvalue weighted by atomic mass is 127. The number of nitrogens with one attached hydrogen (secondary N) is 1. The van der Waals surface area contributed by atoms with Crippen LogP contribution in [0.3, 0.4) is 0 Å². The first-order chi connectivity index (χ1) is 8.15. The first-order valence-electron chi connectivity index (χ1n) is 6.16. The van der Waals surface area contributed by atoms with Gasteiger partial charge in [0, 0.05) is 16.7 Å². The third kappa shape index (κ3) is 5.84. The van der Waals surface area contributed by atoms with Gasteiger partial charge in [-0.05, 0) is 66.6 Å². The van der Waals surface area contributed by atoms with Gasteiger partial charge in [0.2, 0.25) is 0 Å². The van der Waals surface area contributed by atoms with Crippen LogP contribution in [-0.2, 0) is 11.2 Å². The Balaban J connectivity index is 2.56. The Morgan fingerprint density at radius 1 is 1.29 bits per heavy atom. The minimum atomic E-state index is 0.308. The van der Waals surface area contributed by atoms with Gasteiger partial charge in [0.25, 0.3) is 0 Å². The van der Waals surface area contributed by atoms with Crippen LogP contribution < -0.4 is 5.32 Å². The van der Waals surface area contributed by atoms with Gasteiger partial charge < -0.3 is 10.1 Å². The van der Waals surface area contributed by atoms with E-state index >= 15 is 0 Å². The Labute approximate surface area is 118 Å². The van der Waals surface area contributed by atoms with Crippen LogP contribution in [-0.4, -0.2) is 25.8 Å². The van der Waals surface area contributed by atoms with E-state index in [-0.39, 0.29) is 0 Å². The third-order valence-corrected chi connectivity index (χ3v) is 3.63. The minimum Gasteiger partial charge on any atom is -0.382 e. The van der Waals surface area contributed by atoms with Crippen LogP contribution in [0.4, 0.5) is 0 Å². The van der Waals surface area contributed by atoms with Crippen LogP contribution in [0.5, 0.6) is 0 Å². The molecule has 0 aliphatic heterocycles. The van der Waals surface area contributed by atoms with Gasteiger partial charge in [-0.2, -0.15) is 0 Å². The molecule has 0 aromatic heterocycles. The van der Waals surface area contributed by atoms with Crippen molar-refractivity contribution in [2.24, 2.45) is 0 Å². The van der Waals surface area contributed by atoms with Crippen molar-refractivity contribution in [3.8, 4) is 0 Å². The maximum atomic E-state index is 5.34. The van der Waals surface area contributed by atoms with E-state index in [0.29, 0.717) is 12.1 Å². The van der Waals surface area contributed by atoms with Gasteiger partial charge in [-0.15, -0.1) is 0 Å². The molecule has 0 amide bonds. The summed E-state index contributed by atoms with van der Waals surface area (Å²) in [6.07, 6.45) is 2.43. The fourth-order valence-corrected chi connectivity index (χ4v) is 2.29. The third-order valence-electron chi connectivity index (χ3n) is 2.91. The van der Waals surface area contributed by atoms with Crippen LogP contribution in [0.25, 0.3) is 0 Å². The molecule has 1 N–H and O–H groups in total. The largest absolute Gasteiger partial charge is 0.382 e. The lowest BCUT2D eigenvalue weighted by Crippen LogP contribution is -2.34. The summed E-state index contributed by atoms with van der Waals surface area (Å²) in [5, 5.41) is 3.53. The molecule has 0 bridgehead atoms. The molecular formula is C14H22INO. The van der Waals surface area contributed by atoms with E-state index < -0.39 is 0 Å². The van der Waals surface area contributed by atoms with E-state index in [1.807, 2.05) is 0 Å². The van der Waals surface area contributed by atoms with Crippen molar-refractivity contribution in [3.63, 3.8) is 0 Å². The molecule has 1 aromatic rings. The highest BCUT2D eigenvalue weighted by Crippen LogP contribution is 2.12. The average Bonchev–Trinajstić information content (AvgIpc) is 2.32. The van der Waals surface area contributed by atoms with Gasteiger partial charge in [-0.1, -0.05) is 19.1 Å². The van der Waals surface area contributed by atoms with Crippen molar-refractivity contribution >= 4 is 22.6 Å². The number of ether oxygens (including phenoxy) is 1. The summed E-state index contributed by atoms with van der Waals surface area (Å²) in [5.41, 5.74) is 1.39. The van der Waals surface area contributed by atoms with E-state index in [1.165, 1.54) is 9.13 Å². The molecule has 17 heavy (non-hydrogen) atoms. The highest BCUT2D eigenvalue weighted by molar-refractivity contribution is 14.1. The number of likely N-dealkylation sites (N-methyl/N-ethyl adjacent to an activating group) is 1. The second kappa shape index (κ2) is 8.06. The number of rotatable bonds is 7. The Hall–Kier alpha value is -0.130. The van der Waals surface area contributed by atoms with Crippen LogP contribution in [0.15, 0.2) is 24.3 Å². The summed E-state index contributed by atoms with van der Waals surface area (Å²) in [7, 11) is 1.78. The summed E-state index contributed by atoms with van der Waals surface area (Å²) < 4.78 is 6.63. The molecule has 96 valence electrons. The fourth-order valence-electron chi connectivity index (χ4n) is 1.93. The highest BCUT2D eigenvalue weighted by Gasteiger charge is 2.12. The molecule has 2 atom stereocenters. The molecule has 0 aliphatic rings. The molecule has 2 unspecified atom stereocenters. The SMILES string of the molecule is CCNC(Cc1ccc(I)cc1)CC(C)OC. The zero-order valence-corrected chi connectivity index (χ0v) is 13.0. The van der Waals surface area contributed by atoms with Gasteiger partial charge in [0.1, 0.15) is 0 Å². The fraction of sp³-hybridized carbons (Fsp3) is 0.571. The van der Waals surface area contributed by atoms with E-state index in [0.717, 1.165) is 19.4 Å². The molecule has 0 spiro atoms. The Bertz CT molecular complexity index is 313. The molecule has 3 heteroatoms. The van der Waals surface area contributed by atoms with Crippen molar-refractivity contribution in [3.05, 3.63) is 33.4 Å².